The van der Waals surface area contributed by atoms with Gasteiger partial charge in [-0.2, -0.15) is 0 Å². The molecule has 1 saturated carbocycles. The minimum atomic E-state index is -0.970. The molecule has 1 aromatic carbocycles. The van der Waals surface area contributed by atoms with Gasteiger partial charge in [0.15, 0.2) is 5.82 Å². The number of aromatic nitrogens is 2. The van der Waals surface area contributed by atoms with Gasteiger partial charge in [0.2, 0.25) is 5.91 Å². The van der Waals surface area contributed by atoms with Gasteiger partial charge in [0.05, 0.1) is 17.6 Å². The zero-order valence-electron chi connectivity index (χ0n) is 19.4. The summed E-state index contributed by atoms with van der Waals surface area (Å²) in [5.41, 5.74) is 0.715. The second-order valence-corrected chi connectivity index (χ2v) is 9.31. The van der Waals surface area contributed by atoms with E-state index in [-0.39, 0.29) is 17.9 Å². The second kappa shape index (κ2) is 10.0. The van der Waals surface area contributed by atoms with E-state index in [0.29, 0.717) is 38.5 Å². The van der Waals surface area contributed by atoms with Gasteiger partial charge in [-0.15, -0.1) is 0 Å². The molecule has 7 nitrogen and oxygen atoms in total. The summed E-state index contributed by atoms with van der Waals surface area (Å²) in [6, 6.07) is 7.94. The van der Waals surface area contributed by atoms with Gasteiger partial charge in [-0.3, -0.25) is 9.59 Å². The molecule has 2 amide bonds. The molecule has 32 heavy (non-hydrogen) atoms. The lowest BCUT2D eigenvalue weighted by atomic mass is 9.92. The molecule has 174 valence electrons. The number of nitrogens with one attached hydrogen (secondary N) is 1. The zero-order chi connectivity index (χ0) is 22.6. The Morgan fingerprint density at radius 1 is 1.19 bits per heavy atom. The average molecular weight is 441 g/mol. The van der Waals surface area contributed by atoms with Gasteiger partial charge in [0.25, 0.3) is 5.91 Å². The Kier molecular flexibility index (Phi) is 7.13. The van der Waals surface area contributed by atoms with Crippen LogP contribution in [0.4, 0.5) is 0 Å². The van der Waals surface area contributed by atoms with Crippen molar-refractivity contribution in [2.24, 2.45) is 0 Å². The number of rotatable bonds is 7. The summed E-state index contributed by atoms with van der Waals surface area (Å²) in [6.07, 6.45) is 8.76. The maximum Gasteiger partial charge on any atom is 0.290 e. The topological polar surface area (TPSA) is 76.5 Å². The molecular weight excluding hydrogens is 404 g/mol. The summed E-state index contributed by atoms with van der Waals surface area (Å²) in [5.74, 6) is 0.175. The normalized spacial score (nSPS) is 22.4. The Morgan fingerprint density at radius 3 is 2.66 bits per heavy atom. The first-order chi connectivity index (χ1) is 15.5. The van der Waals surface area contributed by atoms with Crippen LogP contribution in [0.3, 0.4) is 0 Å². The SMILES string of the molecule is CCOCCCN1C(=O)c2nc3ccccc3n2C[C@]1(C)C(=O)NC1CCCCCCC1. The van der Waals surface area contributed by atoms with E-state index in [1.165, 1.54) is 19.3 Å². The molecule has 2 aromatic rings. The van der Waals surface area contributed by atoms with Crippen molar-refractivity contribution < 1.29 is 14.3 Å². The zero-order valence-corrected chi connectivity index (χ0v) is 19.4. The Morgan fingerprint density at radius 2 is 1.91 bits per heavy atom. The number of hydrogen-bond donors (Lipinski definition) is 1. The van der Waals surface area contributed by atoms with Crippen molar-refractivity contribution in [3.05, 3.63) is 30.1 Å². The highest BCUT2D eigenvalue weighted by atomic mass is 16.5. The quantitative estimate of drug-likeness (QED) is 0.663. The standard InChI is InChI=1S/C25H36N4O3/c1-3-32-17-11-16-29-23(30)22-27-20-14-9-10-15-21(20)28(22)18-25(29,2)24(31)26-19-12-7-5-4-6-8-13-19/h9-10,14-15,19H,3-8,11-13,16-18H2,1-2H3,(H,26,31)/t25-/m1/s1. The highest BCUT2D eigenvalue weighted by molar-refractivity contribution is 6.01. The third-order valence-corrected chi connectivity index (χ3v) is 6.96. The average Bonchev–Trinajstić information content (AvgIpc) is 3.13. The minimum absolute atomic E-state index is 0.0590. The van der Waals surface area contributed by atoms with E-state index < -0.39 is 5.54 Å². The summed E-state index contributed by atoms with van der Waals surface area (Å²) in [6.45, 7) is 5.95. The fraction of sp³-hybridized carbons (Fsp3) is 0.640. The molecule has 1 N–H and O–H groups in total. The number of hydrogen-bond acceptors (Lipinski definition) is 4. The predicted molar refractivity (Wildman–Crippen MR) is 125 cm³/mol. The highest BCUT2D eigenvalue weighted by Crippen LogP contribution is 2.31. The van der Waals surface area contributed by atoms with Crippen molar-refractivity contribution in [2.45, 2.75) is 83.3 Å². The van der Waals surface area contributed by atoms with Crippen molar-refractivity contribution in [1.82, 2.24) is 19.8 Å². The maximum absolute atomic E-state index is 13.7. The van der Waals surface area contributed by atoms with Gasteiger partial charge < -0.3 is 19.5 Å². The number of imidazole rings is 1. The summed E-state index contributed by atoms with van der Waals surface area (Å²) >= 11 is 0. The molecule has 1 fully saturated rings. The maximum atomic E-state index is 13.7. The van der Waals surface area contributed by atoms with Gasteiger partial charge in [0, 0.05) is 25.8 Å². The molecular formula is C25H36N4O3. The minimum Gasteiger partial charge on any atom is -0.382 e. The van der Waals surface area contributed by atoms with Crippen molar-refractivity contribution in [3.8, 4) is 0 Å². The first-order valence-corrected chi connectivity index (χ1v) is 12.2. The Labute approximate surface area is 190 Å². The Hall–Kier alpha value is -2.41. The molecule has 7 heteroatoms. The summed E-state index contributed by atoms with van der Waals surface area (Å²) in [7, 11) is 0. The number of benzene rings is 1. The van der Waals surface area contributed by atoms with Crippen LogP contribution in [0.2, 0.25) is 0 Å². The molecule has 0 bridgehead atoms. The van der Waals surface area contributed by atoms with Crippen LogP contribution < -0.4 is 5.32 Å². The van der Waals surface area contributed by atoms with Crippen molar-refractivity contribution in [2.75, 3.05) is 19.8 Å². The highest BCUT2D eigenvalue weighted by Gasteiger charge is 2.48. The van der Waals surface area contributed by atoms with Crippen molar-refractivity contribution in [1.29, 1.82) is 0 Å². The van der Waals surface area contributed by atoms with E-state index >= 15 is 0 Å². The number of carbonyl (C=O) groups excluding carboxylic acids is 2. The second-order valence-electron chi connectivity index (χ2n) is 9.31. The Balaban J connectivity index is 1.62. The van der Waals surface area contributed by atoms with Crippen LogP contribution in [0.25, 0.3) is 11.0 Å². The molecule has 1 aliphatic carbocycles. The smallest absolute Gasteiger partial charge is 0.290 e. The first-order valence-electron chi connectivity index (χ1n) is 12.2. The summed E-state index contributed by atoms with van der Waals surface area (Å²) in [4.78, 5) is 33.6. The van der Waals surface area contributed by atoms with E-state index in [4.69, 9.17) is 4.74 Å². The van der Waals surface area contributed by atoms with Crippen LogP contribution in [-0.2, 0) is 16.1 Å². The fourth-order valence-electron chi connectivity index (χ4n) is 5.09. The van der Waals surface area contributed by atoms with Crippen LogP contribution in [0.1, 0.15) is 75.8 Å². The number of para-hydroxylation sites is 2. The number of fused-ring (bicyclic) bond motifs is 3. The first kappa shape index (κ1) is 22.8. The number of ether oxygens (including phenoxy) is 1. The van der Waals surface area contributed by atoms with Crippen molar-refractivity contribution in [3.63, 3.8) is 0 Å². The van der Waals surface area contributed by atoms with Crippen LogP contribution in [-0.4, -0.2) is 57.6 Å². The van der Waals surface area contributed by atoms with E-state index in [1.54, 1.807) is 4.90 Å². The molecule has 2 aliphatic rings. The van der Waals surface area contributed by atoms with Crippen LogP contribution in [0.5, 0.6) is 0 Å². The third kappa shape index (κ3) is 4.53. The summed E-state index contributed by atoms with van der Waals surface area (Å²) in [5, 5.41) is 3.32. The van der Waals surface area contributed by atoms with E-state index in [9.17, 15) is 9.59 Å². The molecule has 0 radical (unpaired) electrons. The van der Waals surface area contributed by atoms with Crippen LogP contribution in [0.15, 0.2) is 24.3 Å². The number of carbonyl (C=O) groups is 2. The monoisotopic (exact) mass is 440 g/mol. The van der Waals surface area contributed by atoms with E-state index in [1.807, 2.05) is 42.7 Å². The lowest BCUT2D eigenvalue weighted by Crippen LogP contribution is -2.65. The van der Waals surface area contributed by atoms with E-state index in [2.05, 4.69) is 10.3 Å². The van der Waals surface area contributed by atoms with Crippen molar-refractivity contribution >= 4 is 22.8 Å². The molecule has 4 rings (SSSR count). The summed E-state index contributed by atoms with van der Waals surface area (Å²) < 4.78 is 7.42. The molecule has 0 unspecified atom stereocenters. The van der Waals surface area contributed by atoms with Gasteiger partial charge in [-0.25, -0.2) is 4.98 Å². The molecule has 2 heterocycles. The molecule has 0 spiro atoms. The lowest BCUT2D eigenvalue weighted by molar-refractivity contribution is -0.133. The molecule has 0 saturated heterocycles. The fourth-order valence-corrected chi connectivity index (χ4v) is 5.09. The van der Waals surface area contributed by atoms with Gasteiger partial charge in [0.1, 0.15) is 5.54 Å². The Bertz CT molecular complexity index is 948. The number of nitrogens with zero attached hydrogens (tertiary/aromatic N) is 3. The van der Waals surface area contributed by atoms with E-state index in [0.717, 1.165) is 36.7 Å². The molecule has 1 aliphatic heterocycles. The number of amides is 2. The largest absolute Gasteiger partial charge is 0.382 e. The van der Waals surface area contributed by atoms with Crippen LogP contribution >= 0.6 is 0 Å². The van der Waals surface area contributed by atoms with Gasteiger partial charge >= 0.3 is 0 Å². The van der Waals surface area contributed by atoms with Crippen LogP contribution in [0, 0.1) is 0 Å². The predicted octanol–water partition coefficient (Wildman–Crippen LogP) is 3.91. The third-order valence-electron chi connectivity index (χ3n) is 6.96. The molecule has 1 atom stereocenters. The lowest BCUT2D eigenvalue weighted by Gasteiger charge is -2.44. The van der Waals surface area contributed by atoms with Gasteiger partial charge in [-0.1, -0.05) is 44.2 Å². The van der Waals surface area contributed by atoms with Gasteiger partial charge in [-0.05, 0) is 45.2 Å². The molecule has 1 aromatic heterocycles.